The SMILES string of the molecule is CC1CN(c2ccc([C@H](C)O)cc2Br)CC(C)(C)O1. The van der Waals surface area contributed by atoms with Gasteiger partial charge in [-0.1, -0.05) is 6.07 Å². The Kier molecular flexibility index (Phi) is 4.23. The minimum absolute atomic E-state index is 0.139. The molecule has 1 fully saturated rings. The molecule has 0 radical (unpaired) electrons. The highest BCUT2D eigenvalue weighted by atomic mass is 79.9. The molecule has 0 aromatic heterocycles. The van der Waals surface area contributed by atoms with Gasteiger partial charge in [-0.2, -0.15) is 0 Å². The van der Waals surface area contributed by atoms with E-state index in [0.29, 0.717) is 0 Å². The van der Waals surface area contributed by atoms with Crippen molar-refractivity contribution < 1.29 is 9.84 Å². The number of aliphatic hydroxyl groups is 1. The number of anilines is 1. The molecule has 106 valence electrons. The smallest absolute Gasteiger partial charge is 0.0805 e. The molecular weight excluding hydrogens is 306 g/mol. The lowest BCUT2D eigenvalue weighted by Crippen LogP contribution is -2.52. The molecule has 1 N–H and O–H groups in total. The lowest BCUT2D eigenvalue weighted by molar-refractivity contribution is -0.0750. The number of rotatable bonds is 2. The highest BCUT2D eigenvalue weighted by molar-refractivity contribution is 9.10. The summed E-state index contributed by atoms with van der Waals surface area (Å²) in [7, 11) is 0. The van der Waals surface area contributed by atoms with Crippen LogP contribution in [0.2, 0.25) is 0 Å². The van der Waals surface area contributed by atoms with Crippen molar-refractivity contribution in [2.75, 3.05) is 18.0 Å². The first-order chi connectivity index (χ1) is 8.78. The molecule has 2 rings (SSSR count). The molecule has 1 aromatic carbocycles. The highest BCUT2D eigenvalue weighted by Gasteiger charge is 2.32. The van der Waals surface area contributed by atoms with Crippen LogP contribution in [-0.2, 0) is 4.74 Å². The quantitative estimate of drug-likeness (QED) is 0.902. The molecule has 0 saturated carbocycles. The Hall–Kier alpha value is -0.580. The molecule has 1 heterocycles. The van der Waals surface area contributed by atoms with Crippen LogP contribution in [-0.4, -0.2) is 29.9 Å². The maximum Gasteiger partial charge on any atom is 0.0805 e. The summed E-state index contributed by atoms with van der Waals surface area (Å²) in [5.41, 5.74) is 1.95. The van der Waals surface area contributed by atoms with Crippen LogP contribution in [0.3, 0.4) is 0 Å². The molecule has 2 atom stereocenters. The van der Waals surface area contributed by atoms with E-state index in [9.17, 15) is 5.11 Å². The van der Waals surface area contributed by atoms with E-state index >= 15 is 0 Å². The second-order valence-corrected chi connectivity index (χ2v) is 6.81. The summed E-state index contributed by atoms with van der Waals surface area (Å²) in [6.45, 7) is 9.87. The zero-order valence-corrected chi connectivity index (χ0v) is 13.6. The number of aliphatic hydroxyl groups excluding tert-OH is 1. The number of nitrogens with zero attached hydrogens (tertiary/aromatic N) is 1. The third-order valence-electron chi connectivity index (χ3n) is 3.36. The van der Waals surface area contributed by atoms with Crippen LogP contribution >= 0.6 is 15.9 Å². The van der Waals surface area contributed by atoms with Crippen molar-refractivity contribution in [3.8, 4) is 0 Å². The molecule has 1 aliphatic heterocycles. The summed E-state index contributed by atoms with van der Waals surface area (Å²) in [6, 6.07) is 6.05. The predicted octanol–water partition coefficient (Wildman–Crippen LogP) is 3.51. The van der Waals surface area contributed by atoms with Gasteiger partial charge in [0.1, 0.15) is 0 Å². The standard InChI is InChI=1S/C15H22BrNO2/c1-10-8-17(9-15(3,4)19-10)14-6-5-12(11(2)18)7-13(14)16/h5-7,10-11,18H,8-9H2,1-4H3/t10?,11-/m0/s1. The summed E-state index contributed by atoms with van der Waals surface area (Å²) in [5, 5.41) is 9.62. The monoisotopic (exact) mass is 327 g/mol. The van der Waals surface area contributed by atoms with Crippen molar-refractivity contribution in [3.05, 3.63) is 28.2 Å². The van der Waals surface area contributed by atoms with Crippen LogP contribution in [0.5, 0.6) is 0 Å². The minimum atomic E-state index is -0.439. The zero-order chi connectivity index (χ0) is 14.2. The third kappa shape index (κ3) is 3.50. The Morgan fingerprint density at radius 2 is 2.16 bits per heavy atom. The van der Waals surface area contributed by atoms with Gasteiger partial charge in [-0.3, -0.25) is 0 Å². The van der Waals surface area contributed by atoms with Gasteiger partial charge >= 0.3 is 0 Å². The van der Waals surface area contributed by atoms with Crippen LogP contribution in [0.25, 0.3) is 0 Å². The van der Waals surface area contributed by atoms with E-state index in [2.05, 4.69) is 47.7 Å². The Balaban J connectivity index is 2.26. The topological polar surface area (TPSA) is 32.7 Å². The van der Waals surface area contributed by atoms with E-state index in [0.717, 1.165) is 28.8 Å². The molecule has 1 saturated heterocycles. The molecule has 0 aliphatic carbocycles. The van der Waals surface area contributed by atoms with Gasteiger partial charge in [0, 0.05) is 17.6 Å². The predicted molar refractivity (Wildman–Crippen MR) is 81.6 cm³/mol. The summed E-state index contributed by atoms with van der Waals surface area (Å²) in [5.74, 6) is 0. The van der Waals surface area contributed by atoms with Gasteiger partial charge in [0.2, 0.25) is 0 Å². The average Bonchev–Trinajstić information content (AvgIpc) is 2.25. The second kappa shape index (κ2) is 5.43. The molecule has 0 amide bonds. The van der Waals surface area contributed by atoms with Crippen molar-refractivity contribution >= 4 is 21.6 Å². The van der Waals surface area contributed by atoms with Gasteiger partial charge in [0.15, 0.2) is 0 Å². The van der Waals surface area contributed by atoms with Crippen molar-refractivity contribution in [2.24, 2.45) is 0 Å². The molecule has 1 aliphatic rings. The molecule has 19 heavy (non-hydrogen) atoms. The molecule has 3 nitrogen and oxygen atoms in total. The van der Waals surface area contributed by atoms with E-state index in [-0.39, 0.29) is 11.7 Å². The molecule has 1 unspecified atom stereocenters. The van der Waals surface area contributed by atoms with Gasteiger partial charge < -0.3 is 14.7 Å². The van der Waals surface area contributed by atoms with Crippen LogP contribution in [0.1, 0.15) is 39.4 Å². The maximum absolute atomic E-state index is 9.62. The van der Waals surface area contributed by atoms with Crippen LogP contribution in [0.4, 0.5) is 5.69 Å². The molecule has 4 heteroatoms. The Labute approximate surface area is 123 Å². The Bertz CT molecular complexity index is 459. The van der Waals surface area contributed by atoms with E-state index in [4.69, 9.17) is 4.74 Å². The zero-order valence-electron chi connectivity index (χ0n) is 12.0. The first-order valence-electron chi connectivity index (χ1n) is 6.69. The fourth-order valence-electron chi connectivity index (χ4n) is 2.68. The van der Waals surface area contributed by atoms with Gasteiger partial charge in [0.25, 0.3) is 0 Å². The van der Waals surface area contributed by atoms with E-state index in [1.165, 1.54) is 0 Å². The van der Waals surface area contributed by atoms with Crippen molar-refractivity contribution in [1.82, 2.24) is 0 Å². The molecular formula is C15H22BrNO2. The van der Waals surface area contributed by atoms with E-state index in [1.54, 1.807) is 6.92 Å². The summed E-state index contributed by atoms with van der Waals surface area (Å²) in [6.07, 6.45) is -0.225. The van der Waals surface area contributed by atoms with Crippen molar-refractivity contribution in [3.63, 3.8) is 0 Å². The minimum Gasteiger partial charge on any atom is -0.389 e. The lowest BCUT2D eigenvalue weighted by atomic mass is 10.0. The van der Waals surface area contributed by atoms with Gasteiger partial charge in [-0.05, 0) is 61.3 Å². The number of hydrogen-bond acceptors (Lipinski definition) is 3. The Morgan fingerprint density at radius 1 is 1.47 bits per heavy atom. The van der Waals surface area contributed by atoms with Crippen LogP contribution in [0.15, 0.2) is 22.7 Å². The average molecular weight is 328 g/mol. The number of benzene rings is 1. The molecule has 0 bridgehead atoms. The largest absolute Gasteiger partial charge is 0.389 e. The Morgan fingerprint density at radius 3 is 2.68 bits per heavy atom. The number of hydrogen-bond donors (Lipinski definition) is 1. The van der Waals surface area contributed by atoms with E-state index < -0.39 is 6.10 Å². The van der Waals surface area contributed by atoms with Crippen molar-refractivity contribution in [1.29, 1.82) is 0 Å². The second-order valence-electron chi connectivity index (χ2n) is 5.96. The highest BCUT2D eigenvalue weighted by Crippen LogP contribution is 2.33. The van der Waals surface area contributed by atoms with Crippen molar-refractivity contribution in [2.45, 2.75) is 45.5 Å². The number of ether oxygens (including phenoxy) is 1. The summed E-state index contributed by atoms with van der Waals surface area (Å²) in [4.78, 5) is 2.34. The van der Waals surface area contributed by atoms with Gasteiger partial charge in [-0.15, -0.1) is 0 Å². The van der Waals surface area contributed by atoms with E-state index in [1.807, 2.05) is 12.1 Å². The normalized spacial score (nSPS) is 24.3. The van der Waals surface area contributed by atoms with Gasteiger partial charge in [0.05, 0.1) is 23.5 Å². The number of morpholine rings is 1. The van der Waals surface area contributed by atoms with Crippen LogP contribution in [0, 0.1) is 0 Å². The fraction of sp³-hybridized carbons (Fsp3) is 0.600. The maximum atomic E-state index is 9.62. The first kappa shape index (κ1) is 14.8. The summed E-state index contributed by atoms with van der Waals surface area (Å²) < 4.78 is 6.95. The fourth-order valence-corrected chi connectivity index (χ4v) is 3.32. The lowest BCUT2D eigenvalue weighted by Gasteiger charge is -2.43. The third-order valence-corrected chi connectivity index (χ3v) is 4.00. The summed E-state index contributed by atoms with van der Waals surface area (Å²) >= 11 is 3.61. The van der Waals surface area contributed by atoms with Crippen LogP contribution < -0.4 is 4.90 Å². The molecule has 1 aromatic rings. The molecule has 0 spiro atoms. The van der Waals surface area contributed by atoms with Gasteiger partial charge in [-0.25, -0.2) is 0 Å². The first-order valence-corrected chi connectivity index (χ1v) is 7.48. The number of halogens is 1.